The molecule has 2 N–H and O–H groups in total. The molecule has 1 aliphatic heterocycles. The maximum atomic E-state index is 12.1. The van der Waals surface area contributed by atoms with E-state index in [1.807, 2.05) is 0 Å². The van der Waals surface area contributed by atoms with E-state index in [2.05, 4.69) is 10.9 Å². The number of carbonyl (C=O) groups is 3. The summed E-state index contributed by atoms with van der Waals surface area (Å²) in [5, 5.41) is 0.608. The third kappa shape index (κ3) is 4.59. The van der Waals surface area contributed by atoms with Crippen molar-refractivity contribution in [2.24, 2.45) is 5.92 Å². The number of rotatable bonds is 2. The number of likely N-dealkylation sites (tertiary alicyclic amines) is 1. The molecule has 0 spiro atoms. The van der Waals surface area contributed by atoms with E-state index in [1.54, 1.807) is 11.0 Å². The summed E-state index contributed by atoms with van der Waals surface area (Å²) in [4.78, 5) is 37.2. The number of piperidine rings is 1. The second-order valence-electron chi connectivity index (χ2n) is 5.37. The van der Waals surface area contributed by atoms with Gasteiger partial charge in [0.1, 0.15) is 0 Å². The first-order chi connectivity index (χ1) is 10.9. The van der Waals surface area contributed by atoms with Gasteiger partial charge in [-0.15, -0.1) is 0 Å². The van der Waals surface area contributed by atoms with Crippen LogP contribution in [0.2, 0.25) is 10.0 Å². The summed E-state index contributed by atoms with van der Waals surface area (Å²) in [7, 11) is 0. The average Bonchev–Trinajstić information content (AvgIpc) is 2.54. The summed E-state index contributed by atoms with van der Waals surface area (Å²) in [6, 6.07) is 4.49. The Hall–Kier alpha value is -1.79. The van der Waals surface area contributed by atoms with Crippen molar-refractivity contribution in [1.29, 1.82) is 0 Å². The minimum Gasteiger partial charge on any atom is -0.342 e. The van der Waals surface area contributed by atoms with Crippen molar-refractivity contribution in [3.05, 3.63) is 33.8 Å². The van der Waals surface area contributed by atoms with E-state index in [-0.39, 0.29) is 28.3 Å². The van der Waals surface area contributed by atoms with E-state index < -0.39 is 5.91 Å². The van der Waals surface area contributed by atoms with Crippen molar-refractivity contribution in [3.63, 3.8) is 0 Å². The lowest BCUT2D eigenvalue weighted by atomic mass is 9.97. The minimum absolute atomic E-state index is 0.0581. The van der Waals surface area contributed by atoms with E-state index in [0.717, 1.165) is 6.42 Å². The Morgan fingerprint density at radius 2 is 1.96 bits per heavy atom. The molecular formula is C15H17Cl2N3O3. The van der Waals surface area contributed by atoms with Gasteiger partial charge in [0.05, 0.1) is 16.5 Å². The normalized spacial score (nSPS) is 17.5. The van der Waals surface area contributed by atoms with Crippen LogP contribution in [0.15, 0.2) is 18.2 Å². The number of hydrogen-bond acceptors (Lipinski definition) is 3. The quantitative estimate of drug-likeness (QED) is 0.794. The summed E-state index contributed by atoms with van der Waals surface area (Å²) in [6.45, 7) is 2.49. The van der Waals surface area contributed by atoms with Gasteiger partial charge in [-0.2, -0.15) is 0 Å². The summed E-state index contributed by atoms with van der Waals surface area (Å²) < 4.78 is 0. The van der Waals surface area contributed by atoms with Gasteiger partial charge in [0, 0.05) is 25.0 Å². The Bertz CT molecular complexity index is 636. The molecule has 6 nitrogen and oxygen atoms in total. The van der Waals surface area contributed by atoms with E-state index in [0.29, 0.717) is 24.5 Å². The van der Waals surface area contributed by atoms with Crippen LogP contribution >= 0.6 is 23.2 Å². The highest BCUT2D eigenvalue weighted by Crippen LogP contribution is 2.20. The topological polar surface area (TPSA) is 78.5 Å². The molecule has 0 radical (unpaired) electrons. The van der Waals surface area contributed by atoms with Gasteiger partial charge in [-0.25, -0.2) is 0 Å². The zero-order valence-electron chi connectivity index (χ0n) is 12.6. The Balaban J connectivity index is 1.92. The summed E-state index contributed by atoms with van der Waals surface area (Å²) in [5.41, 5.74) is 4.88. The second kappa shape index (κ2) is 7.66. The molecule has 1 atom stereocenters. The van der Waals surface area contributed by atoms with E-state index in [9.17, 15) is 14.4 Å². The standard InChI is InChI=1S/C15H17Cl2N3O3/c1-9(21)20-6-2-3-10(8-20)14(22)18-19-15(23)12-7-11(16)4-5-13(12)17/h4-5,7,10H,2-3,6,8H2,1H3,(H,18,22)(H,19,23)/t10-/m0/s1. The monoisotopic (exact) mass is 357 g/mol. The van der Waals surface area contributed by atoms with Crippen LogP contribution in [0.4, 0.5) is 0 Å². The van der Waals surface area contributed by atoms with Crippen LogP contribution in [0.5, 0.6) is 0 Å². The molecule has 1 saturated heterocycles. The van der Waals surface area contributed by atoms with Gasteiger partial charge >= 0.3 is 0 Å². The molecular weight excluding hydrogens is 341 g/mol. The first kappa shape index (κ1) is 17.6. The molecule has 0 aromatic heterocycles. The lowest BCUT2D eigenvalue weighted by molar-refractivity contribution is -0.134. The van der Waals surface area contributed by atoms with Crippen molar-refractivity contribution in [2.75, 3.05) is 13.1 Å². The van der Waals surface area contributed by atoms with Gasteiger partial charge in [-0.05, 0) is 31.0 Å². The summed E-state index contributed by atoms with van der Waals surface area (Å²) in [5.74, 6) is -1.28. The van der Waals surface area contributed by atoms with Crippen molar-refractivity contribution < 1.29 is 14.4 Å². The fraction of sp³-hybridized carbons (Fsp3) is 0.400. The van der Waals surface area contributed by atoms with Gasteiger partial charge in [0.15, 0.2) is 0 Å². The zero-order valence-corrected chi connectivity index (χ0v) is 14.1. The van der Waals surface area contributed by atoms with Crippen molar-refractivity contribution in [2.45, 2.75) is 19.8 Å². The molecule has 124 valence electrons. The Morgan fingerprint density at radius 3 is 2.65 bits per heavy atom. The number of halogens is 2. The van der Waals surface area contributed by atoms with Crippen LogP contribution < -0.4 is 10.9 Å². The van der Waals surface area contributed by atoms with Gasteiger partial charge in [-0.1, -0.05) is 23.2 Å². The van der Waals surface area contributed by atoms with Crippen LogP contribution in [0.25, 0.3) is 0 Å². The molecule has 1 heterocycles. The molecule has 1 aromatic carbocycles. The molecule has 0 aliphatic carbocycles. The minimum atomic E-state index is -0.551. The number of benzene rings is 1. The third-order valence-corrected chi connectivity index (χ3v) is 4.27. The lowest BCUT2D eigenvalue weighted by Gasteiger charge is -2.31. The number of hydrogen-bond donors (Lipinski definition) is 2. The highest BCUT2D eigenvalue weighted by Gasteiger charge is 2.27. The van der Waals surface area contributed by atoms with E-state index in [1.165, 1.54) is 19.1 Å². The fourth-order valence-electron chi connectivity index (χ4n) is 2.44. The van der Waals surface area contributed by atoms with Crippen LogP contribution in [0.3, 0.4) is 0 Å². The van der Waals surface area contributed by atoms with Crippen LogP contribution in [0, 0.1) is 5.92 Å². The van der Waals surface area contributed by atoms with Gasteiger partial charge in [0.25, 0.3) is 5.91 Å². The number of nitrogens with one attached hydrogen (secondary N) is 2. The molecule has 3 amide bonds. The lowest BCUT2D eigenvalue weighted by Crippen LogP contribution is -2.49. The highest BCUT2D eigenvalue weighted by molar-refractivity contribution is 6.35. The Labute approximate surface area is 144 Å². The van der Waals surface area contributed by atoms with Crippen LogP contribution in [0.1, 0.15) is 30.1 Å². The molecule has 1 aromatic rings. The third-order valence-electron chi connectivity index (χ3n) is 3.71. The molecule has 0 saturated carbocycles. The maximum absolute atomic E-state index is 12.1. The predicted octanol–water partition coefficient (Wildman–Crippen LogP) is 2.01. The molecule has 23 heavy (non-hydrogen) atoms. The second-order valence-corrected chi connectivity index (χ2v) is 6.22. The van der Waals surface area contributed by atoms with Gasteiger partial charge in [-0.3, -0.25) is 25.2 Å². The fourth-order valence-corrected chi connectivity index (χ4v) is 2.81. The average molecular weight is 358 g/mol. The van der Waals surface area contributed by atoms with E-state index >= 15 is 0 Å². The smallest absolute Gasteiger partial charge is 0.271 e. The highest BCUT2D eigenvalue weighted by atomic mass is 35.5. The number of nitrogens with zero attached hydrogens (tertiary/aromatic N) is 1. The molecule has 0 unspecified atom stereocenters. The summed E-state index contributed by atoms with van der Waals surface area (Å²) in [6.07, 6.45) is 1.43. The summed E-state index contributed by atoms with van der Waals surface area (Å²) >= 11 is 11.8. The van der Waals surface area contributed by atoms with Crippen LogP contribution in [-0.2, 0) is 9.59 Å². The molecule has 1 fully saturated rings. The van der Waals surface area contributed by atoms with Gasteiger partial charge < -0.3 is 4.90 Å². The molecule has 1 aliphatic rings. The van der Waals surface area contributed by atoms with Crippen molar-refractivity contribution >= 4 is 40.9 Å². The van der Waals surface area contributed by atoms with E-state index in [4.69, 9.17) is 23.2 Å². The maximum Gasteiger partial charge on any atom is 0.271 e. The number of amides is 3. The SMILES string of the molecule is CC(=O)N1CCC[C@H](C(=O)NNC(=O)c2cc(Cl)ccc2Cl)C1. The molecule has 2 rings (SSSR count). The number of hydrazine groups is 1. The van der Waals surface area contributed by atoms with Crippen molar-refractivity contribution in [3.8, 4) is 0 Å². The number of carbonyl (C=O) groups excluding carboxylic acids is 3. The largest absolute Gasteiger partial charge is 0.342 e. The Morgan fingerprint density at radius 1 is 1.22 bits per heavy atom. The molecule has 8 heteroatoms. The first-order valence-electron chi connectivity index (χ1n) is 7.19. The Kier molecular flexibility index (Phi) is 5.85. The van der Waals surface area contributed by atoms with Gasteiger partial charge in [0.2, 0.25) is 11.8 Å². The van der Waals surface area contributed by atoms with Crippen molar-refractivity contribution in [1.82, 2.24) is 15.8 Å². The first-order valence-corrected chi connectivity index (χ1v) is 7.95. The zero-order chi connectivity index (χ0) is 17.0. The molecule has 0 bridgehead atoms. The predicted molar refractivity (Wildman–Crippen MR) is 87.0 cm³/mol. The van der Waals surface area contributed by atoms with Crippen LogP contribution in [-0.4, -0.2) is 35.7 Å².